The van der Waals surface area contributed by atoms with Crippen molar-refractivity contribution in [3.05, 3.63) is 29.8 Å². The Hall–Kier alpha value is -2.68. The molecule has 0 heterocycles. The molecule has 0 saturated carbocycles. The van der Waals surface area contributed by atoms with Gasteiger partial charge < -0.3 is 14.9 Å². The minimum absolute atomic E-state index is 0.0555. The van der Waals surface area contributed by atoms with Crippen LogP contribution in [-0.2, 0) is 14.3 Å². The maximum Gasteiger partial charge on any atom is 0.306 e. The van der Waals surface area contributed by atoms with Crippen LogP contribution >= 0.6 is 0 Å². The van der Waals surface area contributed by atoms with Crippen LogP contribution < -0.4 is 4.74 Å². The number of rotatable bonds is 9. The number of carbonyl (C=O) groups is 2. The summed E-state index contributed by atoms with van der Waals surface area (Å²) in [6.45, 7) is 3.24. The summed E-state index contributed by atoms with van der Waals surface area (Å²) in [5.74, 6) is -1.51. The fourth-order valence-electron chi connectivity index (χ4n) is 1.76. The molecule has 1 aromatic rings. The molecule has 1 rings (SSSR count). The quantitative estimate of drug-likeness (QED) is 0.428. The molecule has 1 N–H and O–H groups in total. The second-order valence-corrected chi connectivity index (χ2v) is 5.14. The average Bonchev–Trinajstić information content (AvgIpc) is 2.51. The van der Waals surface area contributed by atoms with Gasteiger partial charge in [-0.1, -0.05) is 17.7 Å². The third kappa shape index (κ3) is 6.74. The standard InChI is InChI=1S/C17H20N2O4/c1-12-5-7-14(8-6-12)22-9-3-4-17(21)23-11-16(20)15(10-18)13(2)19/h5-8,15,19H,3-4,9,11H2,1-2H3/t15-/m0/s1. The lowest BCUT2D eigenvalue weighted by Gasteiger charge is -2.08. The Morgan fingerprint density at radius 3 is 2.52 bits per heavy atom. The SMILES string of the molecule is CC(=N)[C@H](C#N)C(=O)COC(=O)CCCOc1ccc(C)cc1. The molecule has 1 atom stereocenters. The first-order valence-corrected chi connectivity index (χ1v) is 7.26. The summed E-state index contributed by atoms with van der Waals surface area (Å²) in [4.78, 5) is 23.1. The molecule has 0 aliphatic rings. The smallest absolute Gasteiger partial charge is 0.306 e. The average molecular weight is 316 g/mol. The molecule has 0 bridgehead atoms. The highest BCUT2D eigenvalue weighted by Crippen LogP contribution is 2.11. The van der Waals surface area contributed by atoms with Gasteiger partial charge in [0.05, 0.1) is 12.7 Å². The van der Waals surface area contributed by atoms with Crippen molar-refractivity contribution in [3.63, 3.8) is 0 Å². The van der Waals surface area contributed by atoms with Crippen LogP contribution in [0.5, 0.6) is 5.75 Å². The predicted molar refractivity (Wildman–Crippen MR) is 84.4 cm³/mol. The normalized spacial score (nSPS) is 11.2. The van der Waals surface area contributed by atoms with Crippen molar-refractivity contribution in [3.8, 4) is 11.8 Å². The summed E-state index contributed by atoms with van der Waals surface area (Å²) >= 11 is 0. The van der Waals surface area contributed by atoms with Gasteiger partial charge in [0.2, 0.25) is 0 Å². The van der Waals surface area contributed by atoms with Crippen molar-refractivity contribution < 1.29 is 19.1 Å². The number of aryl methyl sites for hydroxylation is 1. The number of benzene rings is 1. The number of ketones is 1. The topological polar surface area (TPSA) is 100 Å². The summed E-state index contributed by atoms with van der Waals surface area (Å²) in [5.41, 5.74) is 1.08. The van der Waals surface area contributed by atoms with E-state index in [4.69, 9.17) is 20.1 Å². The lowest BCUT2D eigenvalue weighted by molar-refractivity contribution is -0.148. The summed E-state index contributed by atoms with van der Waals surface area (Å²) in [6.07, 6.45) is 0.589. The predicted octanol–water partition coefficient (Wildman–Crippen LogP) is 2.45. The van der Waals surface area contributed by atoms with E-state index in [1.807, 2.05) is 31.2 Å². The van der Waals surface area contributed by atoms with Gasteiger partial charge in [-0.25, -0.2) is 0 Å². The fraction of sp³-hybridized carbons (Fsp3) is 0.412. The molecule has 0 spiro atoms. The van der Waals surface area contributed by atoms with Crippen molar-refractivity contribution in [2.24, 2.45) is 5.92 Å². The van der Waals surface area contributed by atoms with Crippen LogP contribution in [0.15, 0.2) is 24.3 Å². The Morgan fingerprint density at radius 1 is 1.30 bits per heavy atom. The molecule has 0 amide bonds. The van der Waals surface area contributed by atoms with Crippen LogP contribution in [-0.4, -0.2) is 30.7 Å². The molecular formula is C17H20N2O4. The zero-order valence-electron chi connectivity index (χ0n) is 13.3. The van der Waals surface area contributed by atoms with Gasteiger partial charge in [-0.3, -0.25) is 9.59 Å². The van der Waals surface area contributed by atoms with Gasteiger partial charge in [0.25, 0.3) is 0 Å². The first kappa shape index (κ1) is 18.4. The van der Waals surface area contributed by atoms with Crippen molar-refractivity contribution >= 4 is 17.5 Å². The second-order valence-electron chi connectivity index (χ2n) is 5.14. The van der Waals surface area contributed by atoms with E-state index in [1.165, 1.54) is 6.92 Å². The Bertz CT molecular complexity index is 602. The molecule has 0 aromatic heterocycles. The van der Waals surface area contributed by atoms with E-state index in [0.717, 1.165) is 11.3 Å². The number of ether oxygens (including phenoxy) is 2. The first-order valence-electron chi connectivity index (χ1n) is 7.26. The second kappa shape index (κ2) is 9.36. The third-order valence-corrected chi connectivity index (χ3v) is 3.07. The highest BCUT2D eigenvalue weighted by atomic mass is 16.5. The van der Waals surface area contributed by atoms with E-state index < -0.39 is 24.3 Å². The van der Waals surface area contributed by atoms with Crippen LogP contribution in [0.3, 0.4) is 0 Å². The van der Waals surface area contributed by atoms with Crippen LogP contribution in [0, 0.1) is 29.6 Å². The number of carbonyl (C=O) groups excluding carboxylic acids is 2. The molecule has 1 aromatic carbocycles. The first-order chi connectivity index (χ1) is 10.9. The van der Waals surface area contributed by atoms with Crippen LogP contribution in [0.4, 0.5) is 0 Å². The minimum atomic E-state index is -1.15. The number of hydrogen-bond donors (Lipinski definition) is 1. The Labute approximate surface area is 135 Å². The lowest BCUT2D eigenvalue weighted by Crippen LogP contribution is -2.25. The number of hydrogen-bond acceptors (Lipinski definition) is 6. The van der Waals surface area contributed by atoms with Crippen molar-refractivity contribution in [2.45, 2.75) is 26.7 Å². The van der Waals surface area contributed by atoms with Crippen molar-refractivity contribution in [1.29, 1.82) is 10.7 Å². The van der Waals surface area contributed by atoms with Crippen molar-refractivity contribution in [1.82, 2.24) is 0 Å². The molecule has 6 heteroatoms. The van der Waals surface area contributed by atoms with E-state index in [9.17, 15) is 9.59 Å². The number of nitriles is 1. The third-order valence-electron chi connectivity index (χ3n) is 3.07. The van der Waals surface area contributed by atoms with Gasteiger partial charge in [0.1, 0.15) is 11.7 Å². The number of nitrogens with zero attached hydrogens (tertiary/aromatic N) is 1. The summed E-state index contributed by atoms with van der Waals surface area (Å²) in [6, 6.07) is 9.30. The van der Waals surface area contributed by atoms with E-state index >= 15 is 0 Å². The van der Waals surface area contributed by atoms with Crippen LogP contribution in [0.25, 0.3) is 0 Å². The van der Waals surface area contributed by atoms with Crippen molar-refractivity contribution in [2.75, 3.05) is 13.2 Å². The monoisotopic (exact) mass is 316 g/mol. The molecule has 0 unspecified atom stereocenters. The largest absolute Gasteiger partial charge is 0.494 e. The molecular weight excluding hydrogens is 296 g/mol. The highest BCUT2D eigenvalue weighted by molar-refractivity contribution is 6.05. The minimum Gasteiger partial charge on any atom is -0.494 e. The number of Topliss-reactive ketones (excluding diaryl/α,β-unsaturated/α-hetero) is 1. The fourth-order valence-corrected chi connectivity index (χ4v) is 1.76. The molecule has 6 nitrogen and oxygen atoms in total. The molecule has 0 fully saturated rings. The Kier molecular flexibility index (Phi) is 7.48. The lowest BCUT2D eigenvalue weighted by atomic mass is 10.0. The molecule has 23 heavy (non-hydrogen) atoms. The van der Waals surface area contributed by atoms with Crippen LogP contribution in [0.2, 0.25) is 0 Å². The van der Waals surface area contributed by atoms with E-state index in [1.54, 1.807) is 6.07 Å². The van der Waals surface area contributed by atoms with Gasteiger partial charge >= 0.3 is 5.97 Å². The highest BCUT2D eigenvalue weighted by Gasteiger charge is 2.21. The van der Waals surface area contributed by atoms with Gasteiger partial charge in [-0.05, 0) is 32.4 Å². The molecule has 0 radical (unpaired) electrons. The number of esters is 1. The van der Waals surface area contributed by atoms with E-state index in [-0.39, 0.29) is 12.1 Å². The molecule has 0 aliphatic heterocycles. The maximum atomic E-state index is 11.6. The Balaban J connectivity index is 2.22. The van der Waals surface area contributed by atoms with Gasteiger partial charge in [-0.15, -0.1) is 0 Å². The summed E-state index contributed by atoms with van der Waals surface area (Å²) in [5, 5.41) is 16.1. The summed E-state index contributed by atoms with van der Waals surface area (Å²) in [7, 11) is 0. The molecule has 0 saturated heterocycles. The number of nitrogens with one attached hydrogen (secondary N) is 1. The molecule has 0 aliphatic carbocycles. The Morgan fingerprint density at radius 2 is 1.96 bits per heavy atom. The van der Waals surface area contributed by atoms with Gasteiger partial charge in [0, 0.05) is 12.1 Å². The van der Waals surface area contributed by atoms with Crippen LogP contribution in [0.1, 0.15) is 25.3 Å². The van der Waals surface area contributed by atoms with Gasteiger partial charge in [-0.2, -0.15) is 5.26 Å². The van der Waals surface area contributed by atoms with E-state index in [2.05, 4.69) is 0 Å². The molecule has 122 valence electrons. The maximum absolute atomic E-state index is 11.6. The van der Waals surface area contributed by atoms with E-state index in [0.29, 0.717) is 13.0 Å². The summed E-state index contributed by atoms with van der Waals surface area (Å²) < 4.78 is 10.3. The zero-order chi connectivity index (χ0) is 17.2. The van der Waals surface area contributed by atoms with Gasteiger partial charge in [0.15, 0.2) is 12.4 Å². The zero-order valence-corrected chi connectivity index (χ0v) is 13.3.